The van der Waals surface area contributed by atoms with Crippen molar-refractivity contribution in [1.29, 1.82) is 0 Å². The number of pyridine rings is 1. The van der Waals surface area contributed by atoms with Crippen molar-refractivity contribution in [3.8, 4) is 5.88 Å². The highest BCUT2D eigenvalue weighted by Crippen LogP contribution is 2.25. The van der Waals surface area contributed by atoms with E-state index < -0.39 is 10.0 Å². The molecule has 0 radical (unpaired) electrons. The molecule has 0 amide bonds. The van der Waals surface area contributed by atoms with Gasteiger partial charge in [-0.25, -0.2) is 13.4 Å². The minimum atomic E-state index is -3.77. The second-order valence-electron chi connectivity index (χ2n) is 4.09. The lowest BCUT2D eigenvalue weighted by atomic mass is 10.3. The van der Waals surface area contributed by atoms with E-state index in [4.69, 9.17) is 4.74 Å². The first-order chi connectivity index (χ1) is 10.1. The number of anilines is 1. The van der Waals surface area contributed by atoms with Crippen molar-refractivity contribution < 1.29 is 17.9 Å². The Morgan fingerprint density at radius 3 is 2.62 bits per heavy atom. The van der Waals surface area contributed by atoms with Gasteiger partial charge in [0.25, 0.3) is 10.0 Å². The minimum Gasteiger partial charge on any atom is -0.476 e. The summed E-state index contributed by atoms with van der Waals surface area (Å²) in [6.07, 6.45) is 1.90. The molecule has 0 saturated carbocycles. The van der Waals surface area contributed by atoms with Crippen LogP contribution in [0.5, 0.6) is 5.88 Å². The summed E-state index contributed by atoms with van der Waals surface area (Å²) in [5.41, 5.74) is 0.384. The Morgan fingerprint density at radius 2 is 2.00 bits per heavy atom. The molecule has 2 rings (SSSR count). The number of rotatable bonds is 6. The molecule has 21 heavy (non-hydrogen) atoms. The molecule has 0 spiro atoms. The van der Waals surface area contributed by atoms with Crippen LogP contribution in [0.3, 0.4) is 0 Å². The molecule has 1 heterocycles. The number of nitrogens with zero attached hydrogens (tertiary/aromatic N) is 1. The zero-order valence-electron chi connectivity index (χ0n) is 11.3. The highest BCUT2D eigenvalue weighted by molar-refractivity contribution is 7.92. The Hall–Kier alpha value is -2.41. The van der Waals surface area contributed by atoms with Gasteiger partial charge in [-0.2, -0.15) is 0 Å². The Bertz CT molecular complexity index is 730. The number of hydrogen-bond donors (Lipinski definition) is 1. The third-order valence-electron chi connectivity index (χ3n) is 2.59. The summed E-state index contributed by atoms with van der Waals surface area (Å²) in [4.78, 5) is 14.9. The van der Waals surface area contributed by atoms with Gasteiger partial charge < -0.3 is 4.74 Å². The fourth-order valence-electron chi connectivity index (χ4n) is 1.66. The normalized spacial score (nSPS) is 10.9. The summed E-state index contributed by atoms with van der Waals surface area (Å²) in [6.45, 7) is 2.08. The fraction of sp³-hybridized carbons (Fsp3) is 0.143. The van der Waals surface area contributed by atoms with E-state index in [9.17, 15) is 13.2 Å². The second kappa shape index (κ2) is 6.36. The standard InChI is InChI=1S/C14H14N2O4S/c1-2-20-14-13(8-11(10-17)9-15-14)16-21(18,19)12-6-4-3-5-7-12/h3-10,16H,2H2,1H3. The molecule has 0 aliphatic carbocycles. The van der Waals surface area contributed by atoms with Crippen LogP contribution in [-0.2, 0) is 10.0 Å². The van der Waals surface area contributed by atoms with E-state index in [-0.39, 0.29) is 22.0 Å². The third-order valence-corrected chi connectivity index (χ3v) is 3.97. The fourth-order valence-corrected chi connectivity index (χ4v) is 2.73. The molecule has 0 aliphatic heterocycles. The first-order valence-corrected chi connectivity index (χ1v) is 7.71. The van der Waals surface area contributed by atoms with E-state index in [0.29, 0.717) is 12.9 Å². The highest BCUT2D eigenvalue weighted by atomic mass is 32.2. The molecule has 1 aromatic carbocycles. The van der Waals surface area contributed by atoms with E-state index in [1.165, 1.54) is 24.4 Å². The Morgan fingerprint density at radius 1 is 1.29 bits per heavy atom. The van der Waals surface area contributed by atoms with Gasteiger partial charge in [0.1, 0.15) is 5.69 Å². The summed E-state index contributed by atoms with van der Waals surface area (Å²) in [5.74, 6) is 0.127. The number of nitrogens with one attached hydrogen (secondary N) is 1. The Kier molecular flexibility index (Phi) is 4.54. The molecular formula is C14H14N2O4S. The first kappa shape index (κ1) is 15.0. The average molecular weight is 306 g/mol. The van der Waals surface area contributed by atoms with Gasteiger partial charge in [-0.05, 0) is 25.1 Å². The molecular weight excluding hydrogens is 292 g/mol. The van der Waals surface area contributed by atoms with E-state index in [2.05, 4.69) is 9.71 Å². The number of benzene rings is 1. The first-order valence-electron chi connectivity index (χ1n) is 6.22. The third kappa shape index (κ3) is 3.57. The molecule has 0 unspecified atom stereocenters. The molecule has 0 saturated heterocycles. The number of ether oxygens (including phenoxy) is 1. The highest BCUT2D eigenvalue weighted by Gasteiger charge is 2.17. The van der Waals surface area contributed by atoms with Gasteiger partial charge in [0.05, 0.1) is 11.5 Å². The van der Waals surface area contributed by atoms with Gasteiger partial charge in [-0.1, -0.05) is 18.2 Å². The predicted molar refractivity (Wildman–Crippen MR) is 78.0 cm³/mol. The zero-order chi connectivity index (χ0) is 15.3. The molecule has 0 aliphatic rings. The molecule has 0 fully saturated rings. The summed E-state index contributed by atoms with van der Waals surface area (Å²) in [5, 5.41) is 0. The maximum atomic E-state index is 12.3. The maximum absolute atomic E-state index is 12.3. The Balaban J connectivity index is 2.40. The van der Waals surface area contributed by atoms with E-state index in [1.54, 1.807) is 25.1 Å². The molecule has 1 aromatic heterocycles. The maximum Gasteiger partial charge on any atom is 0.262 e. The van der Waals surface area contributed by atoms with Crippen LogP contribution < -0.4 is 9.46 Å². The van der Waals surface area contributed by atoms with Crippen LogP contribution in [-0.4, -0.2) is 26.3 Å². The van der Waals surface area contributed by atoms with Crippen molar-refractivity contribution in [2.24, 2.45) is 0 Å². The van der Waals surface area contributed by atoms with Crippen LogP contribution in [0.15, 0.2) is 47.5 Å². The van der Waals surface area contributed by atoms with Crippen molar-refractivity contribution in [3.05, 3.63) is 48.2 Å². The largest absolute Gasteiger partial charge is 0.476 e. The van der Waals surface area contributed by atoms with Crippen LogP contribution in [0.2, 0.25) is 0 Å². The van der Waals surface area contributed by atoms with Crippen molar-refractivity contribution in [3.63, 3.8) is 0 Å². The van der Waals surface area contributed by atoms with Crippen LogP contribution in [0.1, 0.15) is 17.3 Å². The number of carbonyl (C=O) groups is 1. The van der Waals surface area contributed by atoms with Gasteiger partial charge in [-0.15, -0.1) is 0 Å². The number of aromatic nitrogens is 1. The number of aldehydes is 1. The summed E-state index contributed by atoms with van der Waals surface area (Å²) < 4.78 is 32.2. The van der Waals surface area contributed by atoms with Crippen molar-refractivity contribution in [1.82, 2.24) is 4.98 Å². The summed E-state index contributed by atoms with van der Waals surface area (Å²) in [7, 11) is -3.77. The molecule has 1 N–H and O–H groups in total. The van der Waals surface area contributed by atoms with E-state index in [1.807, 2.05) is 0 Å². The van der Waals surface area contributed by atoms with Gasteiger partial charge >= 0.3 is 0 Å². The van der Waals surface area contributed by atoms with Crippen LogP contribution in [0.4, 0.5) is 5.69 Å². The van der Waals surface area contributed by atoms with Gasteiger partial charge in [0, 0.05) is 11.8 Å². The smallest absolute Gasteiger partial charge is 0.262 e. The molecule has 0 atom stereocenters. The van der Waals surface area contributed by atoms with Crippen LogP contribution >= 0.6 is 0 Å². The minimum absolute atomic E-state index is 0.115. The average Bonchev–Trinajstić information content (AvgIpc) is 2.50. The Labute approximate surface area is 122 Å². The van der Waals surface area contributed by atoms with Crippen molar-refractivity contribution >= 4 is 22.0 Å². The molecule has 6 nitrogen and oxygen atoms in total. The zero-order valence-corrected chi connectivity index (χ0v) is 12.1. The quantitative estimate of drug-likeness (QED) is 0.826. The predicted octanol–water partition coefficient (Wildman–Crippen LogP) is 2.09. The van der Waals surface area contributed by atoms with Crippen molar-refractivity contribution in [2.45, 2.75) is 11.8 Å². The van der Waals surface area contributed by atoms with Crippen molar-refractivity contribution in [2.75, 3.05) is 11.3 Å². The monoisotopic (exact) mass is 306 g/mol. The molecule has 7 heteroatoms. The number of hydrogen-bond acceptors (Lipinski definition) is 5. The lowest BCUT2D eigenvalue weighted by molar-refractivity contribution is 0.112. The topological polar surface area (TPSA) is 85.4 Å². The van der Waals surface area contributed by atoms with Gasteiger partial charge in [0.2, 0.25) is 5.88 Å². The van der Waals surface area contributed by atoms with E-state index in [0.717, 1.165) is 0 Å². The van der Waals surface area contributed by atoms with Gasteiger partial charge in [-0.3, -0.25) is 9.52 Å². The van der Waals surface area contributed by atoms with Crippen LogP contribution in [0.25, 0.3) is 0 Å². The lowest BCUT2D eigenvalue weighted by Gasteiger charge is -2.12. The number of carbonyl (C=O) groups excluding carboxylic acids is 1. The molecule has 2 aromatic rings. The summed E-state index contributed by atoms with van der Waals surface area (Å²) >= 11 is 0. The number of sulfonamides is 1. The lowest BCUT2D eigenvalue weighted by Crippen LogP contribution is -2.14. The van der Waals surface area contributed by atoms with Gasteiger partial charge in [0.15, 0.2) is 6.29 Å². The summed E-state index contributed by atoms with van der Waals surface area (Å²) in [6, 6.07) is 9.29. The van der Waals surface area contributed by atoms with E-state index >= 15 is 0 Å². The second-order valence-corrected chi connectivity index (χ2v) is 5.77. The SMILES string of the molecule is CCOc1ncc(C=O)cc1NS(=O)(=O)c1ccccc1. The molecule has 0 bridgehead atoms. The van der Waals surface area contributed by atoms with Crippen LogP contribution in [0, 0.1) is 0 Å². The molecule has 110 valence electrons.